The Morgan fingerprint density at radius 1 is 0.959 bits per heavy atom. The summed E-state index contributed by atoms with van der Waals surface area (Å²) in [5, 5.41) is 0. The molecule has 2 aliphatic rings. The lowest BCUT2D eigenvalue weighted by Gasteiger charge is -2.25. The highest BCUT2D eigenvalue weighted by Crippen LogP contribution is 2.37. The fourth-order valence-corrected chi connectivity index (χ4v) is 6.44. The molecule has 0 fully saturated rings. The van der Waals surface area contributed by atoms with Crippen molar-refractivity contribution in [3.63, 3.8) is 0 Å². The number of hydrogen-bond donors (Lipinski definition) is 0. The van der Waals surface area contributed by atoms with E-state index in [0.29, 0.717) is 62.6 Å². The number of thiazole rings is 1. The van der Waals surface area contributed by atoms with Crippen molar-refractivity contribution >= 4 is 29.4 Å². The summed E-state index contributed by atoms with van der Waals surface area (Å²) in [4.78, 5) is 44.2. The molecule has 0 unspecified atom stereocenters. The molecule has 13 heteroatoms. The molecule has 2 aliphatic heterocycles. The molecule has 0 spiro atoms. The Labute approximate surface area is 285 Å². The van der Waals surface area contributed by atoms with E-state index in [9.17, 15) is 14.4 Å². The summed E-state index contributed by atoms with van der Waals surface area (Å²) in [6.07, 6.45) is 1.78. The molecule has 0 aliphatic carbocycles. The maximum atomic E-state index is 14.1. The van der Waals surface area contributed by atoms with E-state index in [2.05, 4.69) is 9.73 Å². The molecule has 254 valence electrons. The van der Waals surface area contributed by atoms with Crippen molar-refractivity contribution in [2.24, 2.45) is 4.99 Å². The molecule has 3 aromatic carbocycles. The van der Waals surface area contributed by atoms with Crippen LogP contribution in [-0.2, 0) is 25.7 Å². The third-order valence-electron chi connectivity index (χ3n) is 7.69. The number of benzene rings is 3. The van der Waals surface area contributed by atoms with Crippen molar-refractivity contribution in [3.8, 4) is 28.7 Å². The summed E-state index contributed by atoms with van der Waals surface area (Å²) in [5.41, 5.74) is 2.64. The minimum Gasteiger partial charge on any atom is -0.490 e. The minimum absolute atomic E-state index is 0.146. The molecule has 3 heterocycles. The summed E-state index contributed by atoms with van der Waals surface area (Å²) in [6, 6.07) is 17.3. The fraction of sp³-hybridized carbons (Fsp3) is 0.278. The standard InChI is InChI=1S/C36H34N2O10S/c1-5-43-29-17-24(10-14-26(29)46-19-31(39)42-4)33-32(35(41)44-6-2)21(3)37-36-38(33)34(40)30(49-36)16-22-7-11-25(12-8-22)45-18-23-9-13-27-28(15-23)48-20-47-27/h7-17,33H,5-6,18-20H2,1-4H3/b30-16-/t33-/m0/s1. The van der Waals surface area contributed by atoms with E-state index >= 15 is 0 Å². The van der Waals surface area contributed by atoms with Gasteiger partial charge in [0.2, 0.25) is 6.79 Å². The average molecular weight is 687 g/mol. The van der Waals surface area contributed by atoms with E-state index in [0.717, 1.165) is 11.1 Å². The van der Waals surface area contributed by atoms with Gasteiger partial charge in [0.1, 0.15) is 12.4 Å². The largest absolute Gasteiger partial charge is 0.490 e. The molecular weight excluding hydrogens is 652 g/mol. The van der Waals surface area contributed by atoms with Gasteiger partial charge in [0.05, 0.1) is 42.2 Å². The number of carbonyl (C=O) groups excluding carboxylic acids is 2. The van der Waals surface area contributed by atoms with E-state index in [1.807, 2.05) is 49.4 Å². The van der Waals surface area contributed by atoms with Crippen LogP contribution in [-0.4, -0.2) is 50.2 Å². The normalized spacial score (nSPS) is 14.9. The summed E-state index contributed by atoms with van der Waals surface area (Å²) < 4.78 is 40.3. The van der Waals surface area contributed by atoms with Crippen molar-refractivity contribution in [2.45, 2.75) is 33.4 Å². The molecule has 0 N–H and O–H groups in total. The lowest BCUT2D eigenvalue weighted by Crippen LogP contribution is -2.40. The van der Waals surface area contributed by atoms with Crippen molar-refractivity contribution in [3.05, 3.63) is 108 Å². The number of fused-ring (bicyclic) bond motifs is 2. The minimum atomic E-state index is -0.863. The predicted molar refractivity (Wildman–Crippen MR) is 179 cm³/mol. The number of hydrogen-bond acceptors (Lipinski definition) is 12. The Balaban J connectivity index is 1.32. The number of nitrogens with zero attached hydrogens (tertiary/aromatic N) is 2. The highest BCUT2D eigenvalue weighted by atomic mass is 32.1. The van der Waals surface area contributed by atoms with Crippen molar-refractivity contribution < 1.29 is 42.7 Å². The van der Waals surface area contributed by atoms with Crippen molar-refractivity contribution in [1.82, 2.24) is 4.57 Å². The highest BCUT2D eigenvalue weighted by Gasteiger charge is 2.34. The molecule has 6 rings (SSSR count). The molecule has 49 heavy (non-hydrogen) atoms. The summed E-state index contributed by atoms with van der Waals surface area (Å²) in [6.45, 7) is 5.94. The van der Waals surface area contributed by atoms with Gasteiger partial charge in [-0.05, 0) is 79.9 Å². The maximum Gasteiger partial charge on any atom is 0.343 e. The number of ether oxygens (including phenoxy) is 7. The number of methoxy groups -OCH3 is 1. The Kier molecular flexibility index (Phi) is 10.00. The van der Waals surface area contributed by atoms with Gasteiger partial charge in [-0.1, -0.05) is 35.6 Å². The van der Waals surface area contributed by atoms with Crippen LogP contribution in [0.5, 0.6) is 28.7 Å². The number of carbonyl (C=O) groups is 2. The van der Waals surface area contributed by atoms with Crippen LogP contribution in [0.15, 0.2) is 81.7 Å². The quantitative estimate of drug-likeness (QED) is 0.201. The number of aromatic nitrogens is 1. The topological polar surface area (TPSA) is 133 Å². The summed E-state index contributed by atoms with van der Waals surface area (Å²) in [5.74, 6) is 1.59. The molecule has 4 aromatic rings. The van der Waals surface area contributed by atoms with Gasteiger partial charge in [-0.3, -0.25) is 9.36 Å². The van der Waals surface area contributed by atoms with Crippen LogP contribution in [0.2, 0.25) is 0 Å². The molecule has 0 radical (unpaired) electrons. The SMILES string of the molecule is CCOC(=O)C1=C(C)N=c2s/c(=C\c3ccc(OCc4ccc5c(c4)OCO5)cc3)c(=O)n2[C@H]1c1ccc(OCC(=O)OC)c(OCC)c1. The molecule has 1 aromatic heterocycles. The van der Waals surface area contributed by atoms with Crippen LogP contribution in [0.25, 0.3) is 6.08 Å². The van der Waals surface area contributed by atoms with Gasteiger partial charge in [-0.2, -0.15) is 0 Å². The Bertz CT molecular complexity index is 2100. The second-order valence-corrected chi connectivity index (χ2v) is 11.9. The molecule has 0 amide bonds. The lowest BCUT2D eigenvalue weighted by molar-refractivity contribution is -0.143. The van der Waals surface area contributed by atoms with Crippen LogP contribution in [0, 0.1) is 0 Å². The zero-order valence-electron chi connectivity index (χ0n) is 27.3. The maximum absolute atomic E-state index is 14.1. The Morgan fingerprint density at radius 2 is 1.76 bits per heavy atom. The summed E-state index contributed by atoms with van der Waals surface area (Å²) in [7, 11) is 1.27. The van der Waals surface area contributed by atoms with Gasteiger partial charge in [0.15, 0.2) is 34.4 Å². The van der Waals surface area contributed by atoms with Crippen LogP contribution in [0.4, 0.5) is 0 Å². The zero-order valence-corrected chi connectivity index (χ0v) is 28.2. The van der Waals surface area contributed by atoms with Crippen LogP contribution < -0.4 is 38.6 Å². The smallest absolute Gasteiger partial charge is 0.343 e. The molecular formula is C36H34N2O10S. The summed E-state index contributed by atoms with van der Waals surface area (Å²) >= 11 is 1.22. The first kappa shape index (κ1) is 33.3. The van der Waals surface area contributed by atoms with Gasteiger partial charge in [-0.15, -0.1) is 0 Å². The van der Waals surface area contributed by atoms with E-state index in [-0.39, 0.29) is 31.1 Å². The van der Waals surface area contributed by atoms with Gasteiger partial charge in [0.25, 0.3) is 5.56 Å². The molecule has 12 nitrogen and oxygen atoms in total. The third-order valence-corrected chi connectivity index (χ3v) is 8.68. The van der Waals surface area contributed by atoms with Crippen LogP contribution in [0.3, 0.4) is 0 Å². The lowest BCUT2D eigenvalue weighted by atomic mass is 9.95. The Morgan fingerprint density at radius 3 is 2.51 bits per heavy atom. The van der Waals surface area contributed by atoms with E-state index in [4.69, 9.17) is 28.4 Å². The van der Waals surface area contributed by atoms with E-state index in [1.165, 1.54) is 23.0 Å². The zero-order chi connectivity index (χ0) is 34.5. The predicted octanol–water partition coefficient (Wildman–Crippen LogP) is 4.06. The Hall–Kier alpha value is -5.56. The van der Waals surface area contributed by atoms with Gasteiger partial charge >= 0.3 is 11.9 Å². The average Bonchev–Trinajstić information content (AvgIpc) is 3.70. The van der Waals surface area contributed by atoms with Crippen molar-refractivity contribution in [2.75, 3.05) is 33.7 Å². The number of rotatable bonds is 12. The first-order valence-corrected chi connectivity index (χ1v) is 16.4. The first-order chi connectivity index (χ1) is 23.8. The molecule has 0 bridgehead atoms. The van der Waals surface area contributed by atoms with Gasteiger partial charge in [-0.25, -0.2) is 14.6 Å². The monoisotopic (exact) mass is 686 g/mol. The second-order valence-electron chi connectivity index (χ2n) is 10.9. The number of esters is 2. The van der Waals surface area contributed by atoms with Crippen LogP contribution >= 0.6 is 11.3 Å². The third kappa shape index (κ3) is 7.16. The second kappa shape index (κ2) is 14.7. The first-order valence-electron chi connectivity index (χ1n) is 15.6. The number of allylic oxidation sites excluding steroid dienone is 1. The van der Waals surface area contributed by atoms with Crippen molar-refractivity contribution in [1.29, 1.82) is 0 Å². The fourth-order valence-electron chi connectivity index (χ4n) is 5.39. The van der Waals surface area contributed by atoms with E-state index < -0.39 is 18.0 Å². The van der Waals surface area contributed by atoms with Gasteiger partial charge in [0, 0.05) is 0 Å². The molecule has 0 saturated heterocycles. The van der Waals surface area contributed by atoms with Gasteiger partial charge < -0.3 is 33.2 Å². The molecule has 0 saturated carbocycles. The van der Waals surface area contributed by atoms with E-state index in [1.54, 1.807) is 38.1 Å². The highest BCUT2D eigenvalue weighted by molar-refractivity contribution is 7.07. The molecule has 1 atom stereocenters. The van der Waals surface area contributed by atoms with Crippen LogP contribution in [0.1, 0.15) is 43.5 Å².